The second-order valence-corrected chi connectivity index (χ2v) is 4.89. The number of ether oxygens (including phenoxy) is 1. The van der Waals surface area contributed by atoms with Crippen LogP contribution in [0.25, 0.3) is 0 Å². The molecule has 0 radical (unpaired) electrons. The highest BCUT2D eigenvalue weighted by molar-refractivity contribution is 8.13. The van der Waals surface area contributed by atoms with Gasteiger partial charge in [-0.25, -0.2) is 0 Å². The van der Waals surface area contributed by atoms with Crippen molar-refractivity contribution in [3.8, 4) is 11.8 Å². The zero-order valence-corrected chi connectivity index (χ0v) is 11.0. The van der Waals surface area contributed by atoms with E-state index in [9.17, 15) is 0 Å². The number of nitrogens with zero attached hydrogens (tertiary/aromatic N) is 1. The van der Waals surface area contributed by atoms with Crippen LogP contribution < -0.4 is 10.5 Å². The highest BCUT2D eigenvalue weighted by atomic mass is 32.2. The van der Waals surface area contributed by atoms with E-state index in [1.165, 1.54) is 11.8 Å². The Morgan fingerprint density at radius 2 is 2.00 bits per heavy atom. The number of hydrogen-bond donors (Lipinski definition) is 2. The van der Waals surface area contributed by atoms with Gasteiger partial charge in [-0.1, -0.05) is 11.8 Å². The predicted molar refractivity (Wildman–Crippen MR) is 74.9 cm³/mol. The maximum Gasteiger partial charge on any atom is 0.151 e. The van der Waals surface area contributed by atoms with Gasteiger partial charge in [-0.3, -0.25) is 5.41 Å². The lowest BCUT2D eigenvalue weighted by molar-refractivity contribution is 0.306. The van der Waals surface area contributed by atoms with Crippen LogP contribution in [0.4, 0.5) is 0 Å². The summed E-state index contributed by atoms with van der Waals surface area (Å²) in [6, 6.07) is 9.19. The van der Waals surface area contributed by atoms with Crippen LogP contribution >= 0.6 is 11.8 Å². The number of thioether (sulfide) groups is 1. The monoisotopic (exact) mass is 263 g/mol. The lowest BCUT2D eigenvalue weighted by Crippen LogP contribution is -2.04. The highest BCUT2D eigenvalue weighted by Crippen LogP contribution is 2.12. The normalized spacial score (nSPS) is 9.72. The van der Waals surface area contributed by atoms with Crippen molar-refractivity contribution in [2.75, 3.05) is 12.4 Å². The molecule has 0 aliphatic carbocycles. The zero-order chi connectivity index (χ0) is 13.2. The van der Waals surface area contributed by atoms with Gasteiger partial charge < -0.3 is 10.5 Å². The van der Waals surface area contributed by atoms with E-state index in [4.69, 9.17) is 21.1 Å². The van der Waals surface area contributed by atoms with E-state index in [2.05, 4.69) is 6.07 Å². The SMILES string of the molecule is N#Cc1ccc(OCCCCCSC(=N)N)cc1. The van der Waals surface area contributed by atoms with Crippen molar-refractivity contribution in [3.63, 3.8) is 0 Å². The predicted octanol–water partition coefficient (Wildman–Crippen LogP) is 2.73. The molecule has 0 amide bonds. The lowest BCUT2D eigenvalue weighted by atomic mass is 10.2. The molecule has 96 valence electrons. The van der Waals surface area contributed by atoms with Crippen LogP contribution in [0.1, 0.15) is 24.8 Å². The molecule has 0 aliphatic rings. The fraction of sp³-hybridized carbons (Fsp3) is 0.385. The number of unbranched alkanes of at least 4 members (excludes halogenated alkanes) is 2. The summed E-state index contributed by atoms with van der Waals surface area (Å²) >= 11 is 1.38. The summed E-state index contributed by atoms with van der Waals surface area (Å²) in [7, 11) is 0. The smallest absolute Gasteiger partial charge is 0.151 e. The van der Waals surface area contributed by atoms with E-state index in [0.717, 1.165) is 30.8 Å². The molecule has 4 nitrogen and oxygen atoms in total. The maximum atomic E-state index is 8.65. The van der Waals surface area contributed by atoms with Crippen molar-refractivity contribution < 1.29 is 4.74 Å². The molecular formula is C13H17N3OS. The third-order valence-electron chi connectivity index (χ3n) is 2.30. The van der Waals surface area contributed by atoms with E-state index >= 15 is 0 Å². The molecule has 3 N–H and O–H groups in total. The van der Waals surface area contributed by atoms with Gasteiger partial charge in [0.15, 0.2) is 5.17 Å². The molecule has 0 aromatic heterocycles. The summed E-state index contributed by atoms with van der Waals surface area (Å²) in [6.07, 6.45) is 3.09. The molecule has 0 bridgehead atoms. The van der Waals surface area contributed by atoms with Gasteiger partial charge in [-0.2, -0.15) is 5.26 Å². The van der Waals surface area contributed by atoms with E-state index in [0.29, 0.717) is 12.2 Å². The quantitative estimate of drug-likeness (QED) is 0.450. The second-order valence-electron chi connectivity index (χ2n) is 3.76. The van der Waals surface area contributed by atoms with Crippen molar-refractivity contribution in [2.45, 2.75) is 19.3 Å². The average Bonchev–Trinajstić information content (AvgIpc) is 2.38. The van der Waals surface area contributed by atoms with Gasteiger partial charge in [0.1, 0.15) is 5.75 Å². The number of nitrogens with two attached hydrogens (primary N) is 1. The molecular weight excluding hydrogens is 246 g/mol. The third kappa shape index (κ3) is 6.16. The summed E-state index contributed by atoms with van der Waals surface area (Å²) in [5.74, 6) is 1.69. The van der Waals surface area contributed by atoms with Crippen molar-refractivity contribution in [3.05, 3.63) is 29.8 Å². The Labute approximate surface area is 112 Å². The van der Waals surface area contributed by atoms with E-state index in [1.807, 2.05) is 12.1 Å². The fourth-order valence-corrected chi connectivity index (χ4v) is 1.95. The number of benzene rings is 1. The molecule has 1 aromatic carbocycles. The molecule has 1 rings (SSSR count). The van der Waals surface area contributed by atoms with Crippen LogP contribution in [0.15, 0.2) is 24.3 Å². The molecule has 0 atom stereocenters. The lowest BCUT2D eigenvalue weighted by Gasteiger charge is -2.05. The molecule has 5 heteroatoms. The number of amidine groups is 1. The molecule has 0 saturated heterocycles. The van der Waals surface area contributed by atoms with Crippen LogP contribution in [-0.4, -0.2) is 17.5 Å². The minimum Gasteiger partial charge on any atom is -0.494 e. The molecule has 0 spiro atoms. The number of hydrogen-bond acceptors (Lipinski definition) is 4. The molecule has 0 fully saturated rings. The highest BCUT2D eigenvalue weighted by Gasteiger charge is 1.96. The first-order chi connectivity index (χ1) is 8.72. The van der Waals surface area contributed by atoms with Gasteiger partial charge in [0, 0.05) is 5.75 Å². The zero-order valence-electron chi connectivity index (χ0n) is 10.2. The van der Waals surface area contributed by atoms with Gasteiger partial charge in [-0.05, 0) is 43.5 Å². The first kappa shape index (κ1) is 14.4. The second kappa shape index (κ2) is 8.43. The molecule has 0 saturated carbocycles. The first-order valence-electron chi connectivity index (χ1n) is 5.82. The molecule has 0 aliphatic heterocycles. The largest absolute Gasteiger partial charge is 0.494 e. The van der Waals surface area contributed by atoms with Crippen LogP contribution in [-0.2, 0) is 0 Å². The Morgan fingerprint density at radius 1 is 1.28 bits per heavy atom. The van der Waals surface area contributed by atoms with Crippen molar-refractivity contribution in [1.29, 1.82) is 10.7 Å². The minimum atomic E-state index is 0.184. The van der Waals surface area contributed by atoms with Crippen LogP contribution in [0.2, 0.25) is 0 Å². The summed E-state index contributed by atoms with van der Waals surface area (Å²) in [4.78, 5) is 0. The minimum absolute atomic E-state index is 0.184. The van der Waals surface area contributed by atoms with Gasteiger partial charge in [0.2, 0.25) is 0 Å². The Kier molecular flexibility index (Phi) is 6.74. The van der Waals surface area contributed by atoms with Crippen LogP contribution in [0.5, 0.6) is 5.75 Å². The number of nitrogens with one attached hydrogen (secondary N) is 1. The average molecular weight is 263 g/mol. The Bertz CT molecular complexity index is 411. The first-order valence-corrected chi connectivity index (χ1v) is 6.80. The summed E-state index contributed by atoms with van der Waals surface area (Å²) in [6.45, 7) is 0.677. The van der Waals surface area contributed by atoms with Crippen molar-refractivity contribution in [1.82, 2.24) is 0 Å². The molecule has 1 aromatic rings. The topological polar surface area (TPSA) is 82.9 Å². The molecule has 18 heavy (non-hydrogen) atoms. The van der Waals surface area contributed by atoms with Gasteiger partial charge in [-0.15, -0.1) is 0 Å². The van der Waals surface area contributed by atoms with Gasteiger partial charge in [0.05, 0.1) is 18.2 Å². The summed E-state index contributed by atoms with van der Waals surface area (Å²) in [5, 5.41) is 15.9. The van der Waals surface area contributed by atoms with E-state index < -0.39 is 0 Å². The Hall–Kier alpha value is -1.67. The summed E-state index contributed by atoms with van der Waals surface area (Å²) < 4.78 is 5.55. The molecule has 0 heterocycles. The third-order valence-corrected chi connectivity index (χ3v) is 3.10. The van der Waals surface area contributed by atoms with Crippen molar-refractivity contribution in [2.24, 2.45) is 5.73 Å². The van der Waals surface area contributed by atoms with E-state index in [1.54, 1.807) is 12.1 Å². The van der Waals surface area contributed by atoms with Crippen LogP contribution in [0.3, 0.4) is 0 Å². The Morgan fingerprint density at radius 3 is 2.61 bits per heavy atom. The molecule has 0 unspecified atom stereocenters. The fourth-order valence-electron chi connectivity index (χ4n) is 1.38. The van der Waals surface area contributed by atoms with E-state index in [-0.39, 0.29) is 5.17 Å². The Balaban J connectivity index is 2.07. The van der Waals surface area contributed by atoms with Gasteiger partial charge in [0.25, 0.3) is 0 Å². The number of nitriles is 1. The van der Waals surface area contributed by atoms with Gasteiger partial charge >= 0.3 is 0 Å². The van der Waals surface area contributed by atoms with Crippen molar-refractivity contribution >= 4 is 16.9 Å². The summed E-state index contributed by atoms with van der Waals surface area (Å²) in [5.41, 5.74) is 5.87. The standard InChI is InChI=1S/C13H17N3OS/c14-10-11-4-6-12(7-5-11)17-8-2-1-3-9-18-13(15)16/h4-7H,1-3,8-9H2,(H3,15,16). The number of rotatable bonds is 7. The maximum absolute atomic E-state index is 8.65. The van der Waals surface area contributed by atoms with Crippen LogP contribution in [0, 0.1) is 16.7 Å².